The minimum Gasteiger partial charge on any atom is -0.436 e. The van der Waals surface area contributed by atoms with Crippen LogP contribution in [0.1, 0.15) is 27.7 Å². The van der Waals surface area contributed by atoms with Crippen LogP contribution in [0.3, 0.4) is 0 Å². The van der Waals surface area contributed by atoms with E-state index in [1.54, 1.807) is 0 Å². The number of nitrogens with zero attached hydrogens (tertiary/aromatic N) is 10. The molecule has 0 spiro atoms. The highest BCUT2D eigenvalue weighted by atomic mass is 79.9. The molecule has 14 aromatic carbocycles. The van der Waals surface area contributed by atoms with Gasteiger partial charge < -0.3 is 18.1 Å². The van der Waals surface area contributed by atoms with Crippen LogP contribution >= 0.6 is 15.9 Å². The molecule has 1 aliphatic heterocycles. The highest BCUT2D eigenvalue weighted by molar-refractivity contribution is 9.10. The number of fused-ring (bicyclic) bond motifs is 8. The average Bonchev–Trinajstić information content (AvgIpc) is 1.62. The summed E-state index contributed by atoms with van der Waals surface area (Å²) in [5.41, 5.74) is 24.5. The first kappa shape index (κ1) is 72.1. The second-order valence-electron chi connectivity index (χ2n) is 29.5. The second kappa shape index (κ2) is 30.7. The van der Waals surface area contributed by atoms with Crippen molar-refractivity contribution < 1.29 is 18.1 Å². The maximum Gasteiger partial charge on any atom is 0.494 e. The fraction of sp³-hybridized carbons (Fsp3) is 0.0600. The number of hydrogen-bond donors (Lipinski definition) is 0. The van der Waals surface area contributed by atoms with Gasteiger partial charge in [-0.2, -0.15) is 0 Å². The maximum atomic E-state index is 6.33. The summed E-state index contributed by atoms with van der Waals surface area (Å²) >= 11 is 3.46. The zero-order valence-corrected chi connectivity index (χ0v) is 65.1. The van der Waals surface area contributed by atoms with E-state index in [2.05, 4.69) is 248 Å². The number of rotatable bonds is 12. The summed E-state index contributed by atoms with van der Waals surface area (Å²) in [6.07, 6.45) is 0. The first-order chi connectivity index (χ1) is 56.8. The molecule has 116 heavy (non-hydrogen) atoms. The monoisotopic (exact) mass is 1560 g/mol. The van der Waals surface area contributed by atoms with Gasteiger partial charge in [-0.05, 0) is 162 Å². The fourth-order valence-corrected chi connectivity index (χ4v) is 14.8. The van der Waals surface area contributed by atoms with Gasteiger partial charge in [-0.1, -0.05) is 295 Å². The summed E-state index contributed by atoms with van der Waals surface area (Å²) in [7, 11) is -0.425. The average molecular weight is 1570 g/mol. The highest BCUT2D eigenvalue weighted by Gasteiger charge is 2.51. The Balaban J connectivity index is 0.000000128. The molecule has 0 aliphatic carbocycles. The molecule has 1 aliphatic rings. The Bertz CT molecular complexity index is 7040. The van der Waals surface area contributed by atoms with Gasteiger partial charge >= 0.3 is 7.12 Å². The Hall–Kier alpha value is -14.2. The summed E-state index contributed by atoms with van der Waals surface area (Å²) in [6, 6.07) is 119. The van der Waals surface area contributed by atoms with Crippen molar-refractivity contribution in [2.45, 2.75) is 38.9 Å². The van der Waals surface area contributed by atoms with E-state index in [4.69, 9.17) is 58.0 Å². The molecular formula is C100H70BBrN10O4. The van der Waals surface area contributed by atoms with E-state index >= 15 is 0 Å². The predicted octanol–water partition coefficient (Wildman–Crippen LogP) is 24.5. The third kappa shape index (κ3) is 14.8. The van der Waals surface area contributed by atoms with Gasteiger partial charge in [-0.25, -0.2) is 49.8 Å². The Morgan fingerprint density at radius 1 is 0.233 bits per heavy atom. The second-order valence-corrected chi connectivity index (χ2v) is 30.4. The zero-order valence-electron chi connectivity index (χ0n) is 63.5. The molecule has 1 saturated heterocycles. The van der Waals surface area contributed by atoms with Gasteiger partial charge in [0.1, 0.15) is 22.2 Å². The predicted molar refractivity (Wildman–Crippen MR) is 470 cm³/mol. The van der Waals surface area contributed by atoms with Crippen molar-refractivity contribution in [3.05, 3.63) is 356 Å². The first-order valence-electron chi connectivity index (χ1n) is 38.3. The Morgan fingerprint density at radius 2 is 0.509 bits per heavy atom. The van der Waals surface area contributed by atoms with E-state index in [-0.39, 0.29) is 0 Å². The molecule has 0 amide bonds. The van der Waals surface area contributed by atoms with Crippen molar-refractivity contribution in [1.82, 2.24) is 49.8 Å². The van der Waals surface area contributed by atoms with Crippen LogP contribution in [0, 0.1) is 0 Å². The fourth-order valence-electron chi connectivity index (χ4n) is 14.4. The smallest absolute Gasteiger partial charge is 0.436 e. The molecule has 0 bridgehead atoms. The molecule has 21 rings (SSSR count). The summed E-state index contributed by atoms with van der Waals surface area (Å²) in [5, 5.41) is 1.93. The summed E-state index contributed by atoms with van der Waals surface area (Å²) in [6.45, 7) is 8.30. The van der Waals surface area contributed by atoms with Crippen molar-refractivity contribution in [1.29, 1.82) is 0 Å². The highest BCUT2D eigenvalue weighted by Crippen LogP contribution is 2.40. The van der Waals surface area contributed by atoms with Crippen LogP contribution in [0.4, 0.5) is 0 Å². The Kier molecular flexibility index (Phi) is 19.1. The van der Waals surface area contributed by atoms with Crippen LogP contribution in [0.15, 0.2) is 365 Å². The molecule has 14 nitrogen and oxygen atoms in total. The van der Waals surface area contributed by atoms with E-state index in [1.807, 2.05) is 158 Å². The number of aromatic nitrogens is 10. The van der Waals surface area contributed by atoms with Crippen LogP contribution in [0.2, 0.25) is 0 Å². The van der Waals surface area contributed by atoms with Gasteiger partial charge in [0.25, 0.3) is 0 Å². The van der Waals surface area contributed by atoms with Crippen molar-refractivity contribution in [2.24, 2.45) is 0 Å². The lowest BCUT2D eigenvalue weighted by Crippen LogP contribution is -2.41. The van der Waals surface area contributed by atoms with E-state index in [0.717, 1.165) is 143 Å². The molecule has 0 saturated carbocycles. The van der Waals surface area contributed by atoms with E-state index < -0.39 is 18.3 Å². The SMILES string of the molecule is Brc1ccc2oc3nc4ccccc4nc3c2c1.CC1(C)OB(c2cccc(-c3cccc(-c4nc(-c5ccccc5)nc(-c5ccc(-c6ccccc6)cc5)n4)c3)c2)OC1(C)C.c1ccc(-c2ccc(-c3nc(-c4ccccc4)nc(-c4cccc(-c5cccc(-c6ccc7oc8nc9ccccc9nc8c7c6)c5)c4)n3)cc2)cc1. The van der Waals surface area contributed by atoms with Crippen LogP contribution < -0.4 is 5.46 Å². The van der Waals surface area contributed by atoms with Crippen molar-refractivity contribution in [3.8, 4) is 124 Å². The number of hydrogen-bond acceptors (Lipinski definition) is 14. The van der Waals surface area contributed by atoms with E-state index in [9.17, 15) is 0 Å². The molecule has 7 heterocycles. The number of furan rings is 2. The van der Waals surface area contributed by atoms with Gasteiger partial charge in [0.05, 0.1) is 33.3 Å². The van der Waals surface area contributed by atoms with Crippen LogP contribution in [0.25, 0.3) is 190 Å². The van der Waals surface area contributed by atoms with Gasteiger partial charge in [-0.15, -0.1) is 0 Å². The number of halogens is 1. The largest absolute Gasteiger partial charge is 0.494 e. The summed E-state index contributed by atoms with van der Waals surface area (Å²) in [5.74, 6) is 3.76. The van der Waals surface area contributed by atoms with E-state index in [0.29, 0.717) is 46.4 Å². The maximum absolute atomic E-state index is 6.33. The van der Waals surface area contributed by atoms with E-state index in [1.165, 1.54) is 11.1 Å². The molecule has 16 heteroatoms. The summed E-state index contributed by atoms with van der Waals surface area (Å²) < 4.78 is 25.5. The first-order valence-corrected chi connectivity index (χ1v) is 39.1. The quantitative estimate of drug-likeness (QED) is 0.106. The molecule has 554 valence electrons. The van der Waals surface area contributed by atoms with Crippen molar-refractivity contribution >= 4 is 95.0 Å². The van der Waals surface area contributed by atoms with Crippen LogP contribution in [0.5, 0.6) is 0 Å². The summed E-state index contributed by atoms with van der Waals surface area (Å²) in [4.78, 5) is 48.6. The lowest BCUT2D eigenvalue weighted by atomic mass is 9.78. The number of para-hydroxylation sites is 4. The molecule has 0 N–H and O–H groups in total. The lowest BCUT2D eigenvalue weighted by molar-refractivity contribution is 0.00578. The Labute approximate surface area is 677 Å². The van der Waals surface area contributed by atoms with Gasteiger partial charge in [0, 0.05) is 48.6 Å². The third-order valence-corrected chi connectivity index (χ3v) is 21.8. The normalized spacial score (nSPS) is 12.9. The topological polar surface area (TPSA) is 174 Å². The lowest BCUT2D eigenvalue weighted by Gasteiger charge is -2.32. The van der Waals surface area contributed by atoms with Gasteiger partial charge in [-0.3, -0.25) is 0 Å². The van der Waals surface area contributed by atoms with Gasteiger partial charge in [0.2, 0.25) is 11.4 Å². The molecule has 0 unspecified atom stereocenters. The minimum absolute atomic E-state index is 0.400. The molecule has 6 aromatic heterocycles. The molecule has 20 aromatic rings. The molecule has 1 fully saturated rings. The van der Waals surface area contributed by atoms with Gasteiger partial charge in [0.15, 0.2) is 34.9 Å². The molecular weight excluding hydrogens is 1500 g/mol. The van der Waals surface area contributed by atoms with Crippen molar-refractivity contribution in [2.75, 3.05) is 0 Å². The van der Waals surface area contributed by atoms with Crippen LogP contribution in [-0.2, 0) is 9.31 Å². The standard InChI is InChI=1S/C47H29N5O.C39H34BN3O2.C14H7BrN2O/c1-3-11-30(12-4-1)31-21-23-33(24-22-31)45-50-44(32-13-5-2-6-14-32)51-46(52-45)38-18-10-17-36(28-38)34-15-9-16-35(27-34)37-25-26-42-39(29-37)43-47(53-42)49-41-20-8-7-19-40(41)48-43;1-38(2)39(3,4)45-40(44-38)34-20-12-18-32(26-34)31-17-11-19-33(25-31)37-42-35(29-15-9-6-10-16-29)41-36(43-37)30-23-21-28(22-24-30)27-13-7-5-8-14-27;15-8-5-6-12-9(7-8)13-14(18-12)17-11-4-2-1-3-10(11)16-13/h1-29H;5-26H,1-4H3;1-7H. The zero-order chi connectivity index (χ0) is 78.3. The molecule has 0 radical (unpaired) electrons. The Morgan fingerprint density at radius 3 is 0.922 bits per heavy atom. The minimum atomic E-state index is -0.425. The van der Waals surface area contributed by atoms with Crippen LogP contribution in [-0.4, -0.2) is 68.2 Å². The third-order valence-electron chi connectivity index (χ3n) is 21.3. The molecule has 0 atom stereocenters. The van der Waals surface area contributed by atoms with Crippen molar-refractivity contribution in [3.63, 3.8) is 0 Å². The number of benzene rings is 14.